The molecule has 1 atom stereocenters. The fourth-order valence-corrected chi connectivity index (χ4v) is 3.86. The lowest BCUT2D eigenvalue weighted by atomic mass is 9.93. The van der Waals surface area contributed by atoms with Crippen LogP contribution in [0.1, 0.15) is 55.1 Å². The molecular weight excluding hydrogens is 355 g/mol. The molecule has 0 bridgehead atoms. The summed E-state index contributed by atoms with van der Waals surface area (Å²) >= 11 is 0. The zero-order valence-electron chi connectivity index (χ0n) is 16.3. The van der Waals surface area contributed by atoms with Crippen LogP contribution < -0.4 is 5.32 Å². The molecule has 0 fully saturated rings. The van der Waals surface area contributed by atoms with Crippen molar-refractivity contribution in [2.75, 3.05) is 11.9 Å². The fourth-order valence-electron chi connectivity index (χ4n) is 3.86. The lowest BCUT2D eigenvalue weighted by Gasteiger charge is -2.14. The molecule has 148 valence electrons. The first-order valence-electron chi connectivity index (χ1n) is 10.1. The van der Waals surface area contributed by atoms with Crippen molar-refractivity contribution in [3.8, 4) is 0 Å². The van der Waals surface area contributed by atoms with Crippen LogP contribution in [0.4, 0.5) is 10.3 Å². The minimum atomic E-state index is -0.159. The van der Waals surface area contributed by atoms with Gasteiger partial charge in [0.2, 0.25) is 5.95 Å². The first-order chi connectivity index (χ1) is 13.7. The van der Waals surface area contributed by atoms with Gasteiger partial charge in [-0.25, -0.2) is 14.1 Å². The van der Waals surface area contributed by atoms with Crippen molar-refractivity contribution >= 4 is 5.95 Å². The van der Waals surface area contributed by atoms with Gasteiger partial charge in [-0.15, -0.1) is 5.10 Å². The molecule has 0 spiro atoms. The maximum absolute atomic E-state index is 14.4. The molecule has 6 nitrogen and oxygen atoms in total. The van der Waals surface area contributed by atoms with Gasteiger partial charge < -0.3 is 9.88 Å². The predicted octanol–water partition coefficient (Wildman–Crippen LogP) is 4.13. The molecule has 2 aromatic heterocycles. The fraction of sp³-hybridized carbons (Fsp3) is 0.476. The Bertz CT molecular complexity index is 915. The van der Waals surface area contributed by atoms with Crippen molar-refractivity contribution in [1.82, 2.24) is 24.3 Å². The van der Waals surface area contributed by atoms with Crippen LogP contribution in [0.5, 0.6) is 0 Å². The molecule has 1 aliphatic heterocycles. The first kappa shape index (κ1) is 18.7. The molecule has 1 aliphatic rings. The average molecular weight is 382 g/mol. The molecule has 3 aromatic rings. The molecule has 28 heavy (non-hydrogen) atoms. The van der Waals surface area contributed by atoms with E-state index in [4.69, 9.17) is 4.98 Å². The number of benzene rings is 1. The van der Waals surface area contributed by atoms with Crippen LogP contribution in [0.3, 0.4) is 0 Å². The van der Waals surface area contributed by atoms with Gasteiger partial charge in [0.25, 0.3) is 0 Å². The second-order valence-electron chi connectivity index (χ2n) is 7.47. The number of nitrogens with zero attached hydrogens (tertiary/aromatic N) is 5. The Morgan fingerprint density at radius 3 is 2.93 bits per heavy atom. The van der Waals surface area contributed by atoms with Gasteiger partial charge in [0, 0.05) is 31.7 Å². The van der Waals surface area contributed by atoms with E-state index in [9.17, 15) is 4.39 Å². The number of nitrogens with one attached hydrogen (secondary N) is 1. The van der Waals surface area contributed by atoms with E-state index in [-0.39, 0.29) is 11.7 Å². The average Bonchev–Trinajstić information content (AvgIpc) is 3.23. The normalized spacial score (nSPS) is 16.6. The Morgan fingerprint density at radius 1 is 1.21 bits per heavy atom. The molecule has 0 unspecified atom stereocenters. The molecule has 3 heterocycles. The number of hydrogen-bond acceptors (Lipinski definition) is 4. The van der Waals surface area contributed by atoms with E-state index in [0.717, 1.165) is 68.8 Å². The van der Waals surface area contributed by atoms with Gasteiger partial charge in [0.1, 0.15) is 11.6 Å². The summed E-state index contributed by atoms with van der Waals surface area (Å²) in [6, 6.07) is 7.03. The van der Waals surface area contributed by atoms with Gasteiger partial charge in [0.15, 0.2) is 0 Å². The summed E-state index contributed by atoms with van der Waals surface area (Å²) in [4.78, 5) is 8.97. The van der Waals surface area contributed by atoms with Crippen LogP contribution in [-0.2, 0) is 13.1 Å². The van der Waals surface area contributed by atoms with Crippen LogP contribution in [0.25, 0.3) is 0 Å². The van der Waals surface area contributed by atoms with Crippen molar-refractivity contribution in [3.05, 3.63) is 59.7 Å². The number of rotatable bonds is 7. The molecule has 0 saturated carbocycles. The SMILES string of the molecule is Cc1cn(CCCCNc2nc3n(n2)CCCC[C@@H]3c2ccccc2F)cn1. The van der Waals surface area contributed by atoms with Gasteiger partial charge >= 0.3 is 0 Å². The molecule has 4 rings (SSSR count). The molecule has 1 aromatic carbocycles. The van der Waals surface area contributed by atoms with E-state index in [1.54, 1.807) is 6.07 Å². The second-order valence-corrected chi connectivity index (χ2v) is 7.47. The van der Waals surface area contributed by atoms with Crippen molar-refractivity contribution in [2.24, 2.45) is 0 Å². The van der Waals surface area contributed by atoms with E-state index in [0.29, 0.717) is 5.95 Å². The number of hydrogen-bond donors (Lipinski definition) is 1. The van der Waals surface area contributed by atoms with Gasteiger partial charge in [-0.2, -0.15) is 4.98 Å². The van der Waals surface area contributed by atoms with E-state index < -0.39 is 0 Å². The Hall–Kier alpha value is -2.70. The third kappa shape index (κ3) is 4.24. The molecule has 7 heteroatoms. The van der Waals surface area contributed by atoms with Crippen molar-refractivity contribution in [1.29, 1.82) is 0 Å². The van der Waals surface area contributed by atoms with Crippen LogP contribution in [0.15, 0.2) is 36.8 Å². The Morgan fingerprint density at radius 2 is 2.11 bits per heavy atom. The summed E-state index contributed by atoms with van der Waals surface area (Å²) < 4.78 is 18.4. The summed E-state index contributed by atoms with van der Waals surface area (Å²) in [5.41, 5.74) is 1.77. The lowest BCUT2D eigenvalue weighted by molar-refractivity contribution is 0.568. The Balaban J connectivity index is 1.37. The second kappa shape index (κ2) is 8.54. The highest BCUT2D eigenvalue weighted by Crippen LogP contribution is 2.33. The van der Waals surface area contributed by atoms with Crippen LogP contribution in [-0.4, -0.2) is 30.9 Å². The van der Waals surface area contributed by atoms with Gasteiger partial charge in [0.05, 0.1) is 12.0 Å². The Labute approximate surface area is 164 Å². The summed E-state index contributed by atoms with van der Waals surface area (Å²) in [5, 5.41) is 7.97. The van der Waals surface area contributed by atoms with E-state index in [2.05, 4.69) is 26.2 Å². The minimum Gasteiger partial charge on any atom is -0.353 e. The smallest absolute Gasteiger partial charge is 0.242 e. The number of aromatic nitrogens is 5. The maximum atomic E-state index is 14.4. The zero-order valence-corrected chi connectivity index (χ0v) is 16.3. The molecule has 0 aliphatic carbocycles. The third-order valence-corrected chi connectivity index (χ3v) is 5.29. The number of anilines is 1. The van der Waals surface area contributed by atoms with Gasteiger partial charge in [-0.1, -0.05) is 24.6 Å². The number of fused-ring (bicyclic) bond motifs is 1. The number of imidazole rings is 1. The molecule has 1 N–H and O–H groups in total. The number of aryl methyl sites for hydroxylation is 3. The molecular formula is C21H27FN6. The molecule has 0 amide bonds. The highest BCUT2D eigenvalue weighted by atomic mass is 19.1. The van der Waals surface area contributed by atoms with Crippen molar-refractivity contribution in [2.45, 2.75) is 58.0 Å². The monoisotopic (exact) mass is 382 g/mol. The predicted molar refractivity (Wildman–Crippen MR) is 107 cm³/mol. The number of halogens is 1. The molecule has 0 saturated heterocycles. The first-order valence-corrected chi connectivity index (χ1v) is 10.1. The van der Waals surface area contributed by atoms with Gasteiger partial charge in [-0.05, 0) is 44.2 Å². The third-order valence-electron chi connectivity index (χ3n) is 5.29. The Kier molecular flexibility index (Phi) is 5.69. The zero-order chi connectivity index (χ0) is 19.3. The lowest BCUT2D eigenvalue weighted by Crippen LogP contribution is -2.09. The summed E-state index contributed by atoms with van der Waals surface area (Å²) in [7, 11) is 0. The molecule has 0 radical (unpaired) electrons. The standard InChI is InChI=1S/C21H27FN6/c1-16-14-27(15-24-16)12-7-5-11-23-21-25-20-18(9-4-6-13-28(20)26-21)17-8-2-3-10-19(17)22/h2-3,8,10,14-15,18H,4-7,9,11-13H2,1H3,(H,23,26)/t18-/m1/s1. The maximum Gasteiger partial charge on any atom is 0.242 e. The van der Waals surface area contributed by atoms with E-state index in [1.165, 1.54) is 6.07 Å². The van der Waals surface area contributed by atoms with Gasteiger partial charge in [-0.3, -0.25) is 0 Å². The van der Waals surface area contributed by atoms with Crippen LogP contribution in [0, 0.1) is 12.7 Å². The highest BCUT2D eigenvalue weighted by molar-refractivity contribution is 5.31. The van der Waals surface area contributed by atoms with E-state index in [1.807, 2.05) is 30.1 Å². The minimum absolute atomic E-state index is 0.0313. The topological polar surface area (TPSA) is 60.6 Å². The van der Waals surface area contributed by atoms with Crippen LogP contribution in [0.2, 0.25) is 0 Å². The van der Waals surface area contributed by atoms with Crippen molar-refractivity contribution < 1.29 is 4.39 Å². The number of unbranched alkanes of at least 4 members (excludes halogenated alkanes) is 1. The van der Waals surface area contributed by atoms with E-state index >= 15 is 0 Å². The quantitative estimate of drug-likeness (QED) is 0.624. The van der Waals surface area contributed by atoms with Crippen LogP contribution >= 0.6 is 0 Å². The summed E-state index contributed by atoms with van der Waals surface area (Å²) in [5.74, 6) is 1.33. The van der Waals surface area contributed by atoms with Crippen molar-refractivity contribution in [3.63, 3.8) is 0 Å². The highest BCUT2D eigenvalue weighted by Gasteiger charge is 2.26. The summed E-state index contributed by atoms with van der Waals surface area (Å²) in [6.45, 7) is 4.63. The largest absolute Gasteiger partial charge is 0.353 e. The summed E-state index contributed by atoms with van der Waals surface area (Å²) in [6.07, 6.45) is 9.03.